The highest BCUT2D eigenvalue weighted by Crippen LogP contribution is 2.37. The van der Waals surface area contributed by atoms with Crippen LogP contribution in [0, 0.1) is 5.82 Å². The van der Waals surface area contributed by atoms with Gasteiger partial charge in [-0.1, -0.05) is 6.07 Å². The number of hydrogen-bond acceptors (Lipinski definition) is 4. The fraction of sp³-hybridized carbons (Fsp3) is 0.333. The van der Waals surface area contributed by atoms with Gasteiger partial charge in [-0.2, -0.15) is 0 Å². The van der Waals surface area contributed by atoms with Gasteiger partial charge in [0.05, 0.1) is 22.5 Å². The summed E-state index contributed by atoms with van der Waals surface area (Å²) in [6.07, 6.45) is 0. The maximum Gasteiger partial charge on any atom is 0.495 e. The number of amides is 2. The largest absolute Gasteiger partial charge is 0.495 e. The van der Waals surface area contributed by atoms with E-state index in [0.717, 1.165) is 11.0 Å². The molecule has 2 N–H and O–H groups in total. The minimum Gasteiger partial charge on any atom is -0.399 e. The first-order valence-electron chi connectivity index (χ1n) is 9.45. The lowest BCUT2D eigenvalue weighted by molar-refractivity contribution is 0.00578. The Balaban J connectivity index is 1.67. The summed E-state index contributed by atoms with van der Waals surface area (Å²) in [5.74, 6) is -1.11. The van der Waals surface area contributed by atoms with Gasteiger partial charge in [0.2, 0.25) is 0 Å². The molecule has 0 aliphatic carbocycles. The van der Waals surface area contributed by atoms with Gasteiger partial charge in [-0.25, -0.2) is 4.39 Å². The van der Waals surface area contributed by atoms with E-state index < -0.39 is 30.0 Å². The summed E-state index contributed by atoms with van der Waals surface area (Å²) in [7, 11) is -0.608. The van der Waals surface area contributed by atoms with Crippen LogP contribution in [0.25, 0.3) is 0 Å². The van der Waals surface area contributed by atoms with Gasteiger partial charge in [0.25, 0.3) is 11.8 Å². The number of halogens is 1. The van der Waals surface area contributed by atoms with Crippen LogP contribution >= 0.6 is 0 Å². The second-order valence-corrected chi connectivity index (χ2v) is 8.29. The van der Waals surface area contributed by atoms with E-state index in [-0.39, 0.29) is 5.91 Å². The van der Waals surface area contributed by atoms with Crippen molar-refractivity contribution < 1.29 is 23.3 Å². The number of benzene rings is 2. The van der Waals surface area contributed by atoms with Crippen molar-refractivity contribution >= 4 is 30.1 Å². The molecule has 2 aromatic carbocycles. The van der Waals surface area contributed by atoms with Crippen LogP contribution in [0.2, 0.25) is 0 Å². The third kappa shape index (κ3) is 3.32. The van der Waals surface area contributed by atoms with Crippen LogP contribution in [0.15, 0.2) is 36.4 Å². The molecule has 0 bridgehead atoms. The maximum absolute atomic E-state index is 13.1. The molecule has 2 heterocycles. The highest BCUT2D eigenvalue weighted by Gasteiger charge is 2.52. The van der Waals surface area contributed by atoms with E-state index in [1.165, 1.54) is 24.3 Å². The first-order chi connectivity index (χ1) is 13.6. The number of rotatable bonds is 3. The highest BCUT2D eigenvalue weighted by molar-refractivity contribution is 6.63. The van der Waals surface area contributed by atoms with E-state index in [9.17, 15) is 14.0 Å². The third-order valence-electron chi connectivity index (χ3n) is 5.86. The highest BCUT2D eigenvalue weighted by atomic mass is 19.1. The molecular weight excluding hydrogens is 374 g/mol. The molecule has 4 rings (SSSR count). The molecule has 2 aliphatic rings. The predicted octanol–water partition coefficient (Wildman–Crippen LogP) is 2.62. The van der Waals surface area contributed by atoms with Gasteiger partial charge in [-0.3, -0.25) is 9.59 Å². The van der Waals surface area contributed by atoms with Gasteiger partial charge in [0, 0.05) is 12.1 Å². The molecule has 150 valence electrons. The zero-order valence-corrected chi connectivity index (χ0v) is 16.8. The van der Waals surface area contributed by atoms with Crippen molar-refractivity contribution in [3.05, 3.63) is 58.9 Å². The van der Waals surface area contributed by atoms with Crippen LogP contribution in [-0.2, 0) is 15.9 Å². The van der Waals surface area contributed by atoms with Gasteiger partial charge in [-0.05, 0) is 69.1 Å². The quantitative estimate of drug-likeness (QED) is 0.783. The van der Waals surface area contributed by atoms with Crippen molar-refractivity contribution in [1.82, 2.24) is 5.32 Å². The summed E-state index contributed by atoms with van der Waals surface area (Å²) < 4.78 is 25.4. The summed E-state index contributed by atoms with van der Waals surface area (Å²) in [4.78, 5) is 25.0. The normalized spacial score (nSPS) is 19.1. The van der Waals surface area contributed by atoms with E-state index >= 15 is 0 Å². The van der Waals surface area contributed by atoms with E-state index in [1.54, 1.807) is 6.07 Å². The van der Waals surface area contributed by atoms with Crippen molar-refractivity contribution in [2.24, 2.45) is 0 Å². The van der Waals surface area contributed by atoms with Gasteiger partial charge < -0.3 is 19.9 Å². The Morgan fingerprint density at radius 1 is 1.07 bits per heavy atom. The average molecular weight is 396 g/mol. The Labute approximate surface area is 168 Å². The summed E-state index contributed by atoms with van der Waals surface area (Å²) in [5, 5.41) is 5.56. The Bertz CT molecular complexity index is 988. The summed E-state index contributed by atoms with van der Waals surface area (Å²) in [6, 6.07) is 8.70. The lowest BCUT2D eigenvalue weighted by atomic mass is 9.75. The zero-order valence-electron chi connectivity index (χ0n) is 16.8. The van der Waals surface area contributed by atoms with Crippen LogP contribution < -0.4 is 16.1 Å². The number of anilines is 1. The van der Waals surface area contributed by atoms with Crippen molar-refractivity contribution in [2.75, 3.05) is 5.32 Å². The molecule has 0 spiro atoms. The third-order valence-corrected chi connectivity index (χ3v) is 5.86. The molecule has 0 radical (unpaired) electrons. The van der Waals surface area contributed by atoms with E-state index in [2.05, 4.69) is 10.6 Å². The van der Waals surface area contributed by atoms with E-state index in [4.69, 9.17) is 9.31 Å². The Morgan fingerprint density at radius 3 is 2.31 bits per heavy atom. The van der Waals surface area contributed by atoms with E-state index in [0.29, 0.717) is 23.4 Å². The van der Waals surface area contributed by atoms with Crippen molar-refractivity contribution in [1.29, 1.82) is 0 Å². The molecule has 6 nitrogen and oxygen atoms in total. The molecule has 0 unspecified atom stereocenters. The van der Waals surface area contributed by atoms with Gasteiger partial charge >= 0.3 is 7.12 Å². The lowest BCUT2D eigenvalue weighted by Gasteiger charge is -2.32. The SMILES string of the molecule is CC1(C)OB(c2ccc(NC(=O)c3ccc(F)cc3)c3c2CNC3=O)OC1(C)C. The Hall–Kier alpha value is -2.71. The fourth-order valence-corrected chi connectivity index (χ4v) is 3.46. The van der Waals surface area contributed by atoms with Gasteiger partial charge in [0.15, 0.2) is 0 Å². The molecule has 29 heavy (non-hydrogen) atoms. The average Bonchev–Trinajstić information content (AvgIpc) is 3.13. The Morgan fingerprint density at radius 2 is 1.69 bits per heavy atom. The Kier molecular flexibility index (Phi) is 4.51. The molecule has 1 fully saturated rings. The number of fused-ring (bicyclic) bond motifs is 1. The van der Waals surface area contributed by atoms with E-state index in [1.807, 2.05) is 33.8 Å². The molecule has 0 aromatic heterocycles. The standard InChI is InChI=1S/C21H22BFN2O4/c1-20(2)21(3,4)29-22(28-20)15-9-10-16(17-14(15)11-24-19(17)27)25-18(26)12-5-7-13(23)8-6-12/h5-10H,11H2,1-4H3,(H,24,27)(H,25,26). The minimum absolute atomic E-state index is 0.271. The van der Waals surface area contributed by atoms with Gasteiger partial charge in [-0.15, -0.1) is 0 Å². The smallest absolute Gasteiger partial charge is 0.399 e. The summed E-state index contributed by atoms with van der Waals surface area (Å²) in [5.41, 5.74) is 1.58. The van der Waals surface area contributed by atoms with Gasteiger partial charge in [0.1, 0.15) is 5.82 Å². The molecule has 2 aromatic rings. The van der Waals surface area contributed by atoms with Crippen LogP contribution in [-0.4, -0.2) is 30.1 Å². The predicted molar refractivity (Wildman–Crippen MR) is 108 cm³/mol. The van der Waals surface area contributed by atoms with Crippen LogP contribution in [0.1, 0.15) is 54.0 Å². The molecule has 0 atom stereocenters. The lowest BCUT2D eigenvalue weighted by Crippen LogP contribution is -2.41. The van der Waals surface area contributed by atoms with Crippen LogP contribution in [0.4, 0.5) is 10.1 Å². The number of carbonyl (C=O) groups is 2. The number of nitrogens with one attached hydrogen (secondary N) is 2. The molecule has 1 saturated heterocycles. The zero-order chi connectivity index (χ0) is 21.0. The molecule has 2 aliphatic heterocycles. The topological polar surface area (TPSA) is 76.7 Å². The molecule has 8 heteroatoms. The fourth-order valence-electron chi connectivity index (χ4n) is 3.46. The second kappa shape index (κ2) is 6.67. The van der Waals surface area contributed by atoms with Crippen molar-refractivity contribution in [3.63, 3.8) is 0 Å². The first kappa shape index (κ1) is 19.6. The molecule has 2 amide bonds. The van der Waals surface area contributed by atoms with Crippen LogP contribution in [0.5, 0.6) is 0 Å². The number of carbonyl (C=O) groups excluding carboxylic acids is 2. The minimum atomic E-state index is -0.608. The number of hydrogen-bond donors (Lipinski definition) is 2. The molecule has 0 saturated carbocycles. The molecular formula is C21H22BFN2O4. The van der Waals surface area contributed by atoms with Crippen molar-refractivity contribution in [3.8, 4) is 0 Å². The second-order valence-electron chi connectivity index (χ2n) is 8.29. The maximum atomic E-state index is 13.1. The summed E-state index contributed by atoms with van der Waals surface area (Å²) >= 11 is 0. The summed E-state index contributed by atoms with van der Waals surface area (Å²) in [6.45, 7) is 8.19. The van der Waals surface area contributed by atoms with Crippen LogP contribution in [0.3, 0.4) is 0 Å². The van der Waals surface area contributed by atoms with Crippen molar-refractivity contribution in [2.45, 2.75) is 45.4 Å². The monoisotopic (exact) mass is 396 g/mol. The first-order valence-corrected chi connectivity index (χ1v) is 9.45.